The minimum absolute atomic E-state index is 0.0751. The number of esters is 1. The van der Waals surface area contributed by atoms with Gasteiger partial charge in [-0.3, -0.25) is 4.79 Å². The largest absolute Gasteiger partial charge is 0.458 e. The van der Waals surface area contributed by atoms with Gasteiger partial charge in [-0.25, -0.2) is 4.79 Å². The van der Waals surface area contributed by atoms with Gasteiger partial charge in [-0.1, -0.05) is 72.8 Å². The summed E-state index contributed by atoms with van der Waals surface area (Å²) in [5.41, 5.74) is 1.11. The average molecular weight is 589 g/mol. The molecular weight excluding hydrogens is 548 g/mol. The highest BCUT2D eigenvalue weighted by atomic mass is 35.5. The predicted molar refractivity (Wildman–Crippen MR) is 158 cm³/mol. The number of carbonyl (C=O) groups excluding carboxylic acids is 2. The minimum Gasteiger partial charge on any atom is -0.458 e. The summed E-state index contributed by atoms with van der Waals surface area (Å²) >= 11 is 5.16. The third-order valence-corrected chi connectivity index (χ3v) is 5.91. The lowest BCUT2D eigenvalue weighted by molar-refractivity contribution is -0.138. The van der Waals surface area contributed by atoms with Crippen LogP contribution < -0.4 is 0 Å². The van der Waals surface area contributed by atoms with Crippen molar-refractivity contribution in [3.05, 3.63) is 96.1 Å². The summed E-state index contributed by atoms with van der Waals surface area (Å²) in [4.78, 5) is 22.1. The van der Waals surface area contributed by atoms with Gasteiger partial charge in [-0.15, -0.1) is 0 Å². The summed E-state index contributed by atoms with van der Waals surface area (Å²) in [5, 5.41) is 8.08. The maximum absolute atomic E-state index is 11.6. The van der Waals surface area contributed by atoms with Crippen LogP contribution in [0.5, 0.6) is 0 Å². The number of aliphatic hydroxyl groups is 1. The molecule has 8 nitrogen and oxygen atoms in total. The van der Waals surface area contributed by atoms with E-state index in [0.29, 0.717) is 24.3 Å². The molecule has 2 heterocycles. The summed E-state index contributed by atoms with van der Waals surface area (Å²) in [6.45, 7) is 9.22. The first-order valence-electron chi connectivity index (χ1n) is 13.5. The zero-order valence-corrected chi connectivity index (χ0v) is 24.9. The van der Waals surface area contributed by atoms with Crippen molar-refractivity contribution in [2.75, 3.05) is 26.4 Å². The third kappa shape index (κ3) is 14.6. The molecule has 0 radical (unpaired) electrons. The molecule has 2 aromatic carbocycles. The Hall–Kier alpha value is -2.85. The van der Waals surface area contributed by atoms with Crippen molar-refractivity contribution in [1.29, 1.82) is 0 Å². The highest BCUT2D eigenvalue weighted by Crippen LogP contribution is 2.25. The Kier molecular flexibility index (Phi) is 15.0. The van der Waals surface area contributed by atoms with Crippen LogP contribution in [0, 0.1) is 0 Å². The molecule has 2 aliphatic heterocycles. The van der Waals surface area contributed by atoms with Crippen LogP contribution in [0.1, 0.15) is 61.3 Å². The second-order valence-electron chi connectivity index (χ2n) is 10.1. The highest BCUT2D eigenvalue weighted by Gasteiger charge is 2.32. The number of hydrogen-bond donors (Lipinski definition) is 1. The van der Waals surface area contributed by atoms with Gasteiger partial charge >= 0.3 is 5.97 Å². The molecule has 2 aliphatic rings. The molecule has 0 saturated carbocycles. The fraction of sp³-hybridized carbons (Fsp3) is 0.438. The maximum Gasteiger partial charge on any atom is 0.338 e. The molecule has 0 amide bonds. The molecule has 2 atom stereocenters. The van der Waals surface area contributed by atoms with E-state index < -0.39 is 16.8 Å². The van der Waals surface area contributed by atoms with E-state index >= 15 is 0 Å². The van der Waals surface area contributed by atoms with Crippen molar-refractivity contribution in [2.45, 2.75) is 64.3 Å². The Labute approximate surface area is 247 Å². The van der Waals surface area contributed by atoms with Crippen LogP contribution in [0.3, 0.4) is 0 Å². The molecule has 0 unspecified atom stereocenters. The van der Waals surface area contributed by atoms with Gasteiger partial charge in [-0.05, 0) is 64.3 Å². The topological polar surface area (TPSA) is 101 Å². The van der Waals surface area contributed by atoms with Gasteiger partial charge in [0.1, 0.15) is 6.61 Å². The lowest BCUT2D eigenvalue weighted by Gasteiger charge is -2.16. The molecule has 2 fully saturated rings. The van der Waals surface area contributed by atoms with Crippen LogP contribution in [0.2, 0.25) is 0 Å². The fourth-order valence-electron chi connectivity index (χ4n) is 3.75. The Morgan fingerprint density at radius 1 is 0.805 bits per heavy atom. The first-order chi connectivity index (χ1) is 19.5. The highest BCUT2D eigenvalue weighted by molar-refractivity contribution is 6.67. The molecule has 0 spiro atoms. The van der Waals surface area contributed by atoms with E-state index in [2.05, 4.69) is 0 Å². The zero-order chi connectivity index (χ0) is 30.1. The van der Waals surface area contributed by atoms with E-state index in [9.17, 15) is 9.59 Å². The Balaban J connectivity index is 0.000000237. The summed E-state index contributed by atoms with van der Waals surface area (Å²) in [6.07, 6.45) is 9.19. The number of rotatable bonds is 9. The SMILES string of the molecule is CC1(C)OC[C@H](C/C=C/CO)O1.CC1(C)OC[C@H](C/C=C/COC(=O)c2ccccc2)O1.O=C(Cl)c1ccccc1. The van der Waals surface area contributed by atoms with Gasteiger partial charge in [0.2, 0.25) is 0 Å². The van der Waals surface area contributed by atoms with Crippen molar-refractivity contribution in [2.24, 2.45) is 0 Å². The molecule has 1 N–H and O–H groups in total. The zero-order valence-electron chi connectivity index (χ0n) is 24.2. The van der Waals surface area contributed by atoms with E-state index in [1.54, 1.807) is 42.5 Å². The number of benzene rings is 2. The van der Waals surface area contributed by atoms with Gasteiger partial charge in [0.25, 0.3) is 5.24 Å². The Morgan fingerprint density at radius 3 is 1.66 bits per heavy atom. The van der Waals surface area contributed by atoms with E-state index in [0.717, 1.165) is 12.8 Å². The van der Waals surface area contributed by atoms with E-state index in [1.807, 2.05) is 70.2 Å². The number of hydrogen-bond acceptors (Lipinski definition) is 8. The summed E-state index contributed by atoms with van der Waals surface area (Å²) in [5.74, 6) is -1.23. The fourth-order valence-corrected chi connectivity index (χ4v) is 3.87. The van der Waals surface area contributed by atoms with Crippen LogP contribution >= 0.6 is 11.6 Å². The molecular formula is C32H41ClO8. The van der Waals surface area contributed by atoms with Crippen LogP contribution in [-0.4, -0.2) is 66.5 Å². The molecule has 9 heteroatoms. The summed E-state index contributed by atoms with van der Waals surface area (Å²) in [7, 11) is 0. The lowest BCUT2D eigenvalue weighted by atomic mass is 10.2. The molecule has 0 aromatic heterocycles. The Morgan fingerprint density at radius 2 is 1.27 bits per heavy atom. The normalized spacial score (nSPS) is 20.6. The van der Waals surface area contributed by atoms with Gasteiger partial charge in [0, 0.05) is 5.56 Å². The van der Waals surface area contributed by atoms with E-state index in [4.69, 9.17) is 40.4 Å². The van der Waals surface area contributed by atoms with Crippen molar-refractivity contribution < 1.29 is 38.4 Å². The van der Waals surface area contributed by atoms with Crippen LogP contribution in [0.4, 0.5) is 0 Å². The van der Waals surface area contributed by atoms with Crippen molar-refractivity contribution in [1.82, 2.24) is 0 Å². The monoisotopic (exact) mass is 588 g/mol. The molecule has 4 rings (SSSR count). The second kappa shape index (κ2) is 17.9. The van der Waals surface area contributed by atoms with E-state index in [1.165, 1.54) is 0 Å². The van der Waals surface area contributed by atoms with Crippen LogP contribution in [0.15, 0.2) is 85.0 Å². The Bertz CT molecular complexity index is 1100. The first kappa shape index (κ1) is 34.4. The molecule has 2 aromatic rings. The van der Waals surface area contributed by atoms with Crippen molar-refractivity contribution in [3.8, 4) is 0 Å². The third-order valence-electron chi connectivity index (χ3n) is 5.69. The second-order valence-corrected chi connectivity index (χ2v) is 10.4. The number of halogens is 1. The smallest absolute Gasteiger partial charge is 0.338 e. The van der Waals surface area contributed by atoms with E-state index in [-0.39, 0.29) is 31.4 Å². The van der Waals surface area contributed by atoms with Crippen LogP contribution in [-0.2, 0) is 23.7 Å². The molecule has 0 aliphatic carbocycles. The summed E-state index contributed by atoms with van der Waals surface area (Å²) in [6, 6.07) is 17.7. The first-order valence-corrected chi connectivity index (χ1v) is 13.9. The van der Waals surface area contributed by atoms with Crippen molar-refractivity contribution in [3.63, 3.8) is 0 Å². The average Bonchev–Trinajstić information content (AvgIpc) is 3.49. The van der Waals surface area contributed by atoms with Gasteiger partial charge in [0.05, 0.1) is 37.6 Å². The predicted octanol–water partition coefficient (Wildman–Crippen LogP) is 6.08. The molecule has 2 saturated heterocycles. The number of carbonyl (C=O) groups is 2. The van der Waals surface area contributed by atoms with Gasteiger partial charge < -0.3 is 28.8 Å². The lowest BCUT2D eigenvalue weighted by Crippen LogP contribution is -2.21. The molecule has 0 bridgehead atoms. The minimum atomic E-state index is -0.488. The van der Waals surface area contributed by atoms with Crippen molar-refractivity contribution >= 4 is 22.8 Å². The molecule has 224 valence electrons. The van der Waals surface area contributed by atoms with Gasteiger partial charge in [-0.2, -0.15) is 0 Å². The summed E-state index contributed by atoms with van der Waals surface area (Å²) < 4.78 is 27.2. The van der Waals surface area contributed by atoms with Crippen LogP contribution in [0.25, 0.3) is 0 Å². The standard InChI is InChI=1S/C16H20O4.C9H16O3.C7H5ClO/c1-16(2)19-12-14(20-16)10-6-7-11-18-15(17)13-8-4-3-5-9-13;1-9(2)11-7-8(12-9)5-3-4-6-10;8-7(9)6-4-2-1-3-5-6/h3-9,14H,10-12H2,1-2H3;3-4,8,10H,5-7H2,1-2H3;1-5H/b7-6+;4-3+;/t14-;8-;/m00./s1. The maximum atomic E-state index is 11.6. The van der Waals surface area contributed by atoms with Gasteiger partial charge in [0.15, 0.2) is 11.6 Å². The quantitative estimate of drug-likeness (QED) is 0.214. The number of aliphatic hydroxyl groups excluding tert-OH is 1. The number of ether oxygens (including phenoxy) is 5. The molecule has 41 heavy (non-hydrogen) atoms.